The van der Waals surface area contributed by atoms with E-state index in [4.69, 9.17) is 16.3 Å². The average molecular weight is 431 g/mol. The van der Waals surface area contributed by atoms with Crippen LogP contribution in [0.3, 0.4) is 0 Å². The number of halogens is 1. The number of morpholine rings is 1. The molecule has 2 heterocycles. The summed E-state index contributed by atoms with van der Waals surface area (Å²) in [5, 5.41) is 9.09. The highest BCUT2D eigenvalue weighted by Gasteiger charge is 2.15. The van der Waals surface area contributed by atoms with E-state index in [0.717, 1.165) is 24.5 Å². The predicted molar refractivity (Wildman–Crippen MR) is 113 cm³/mol. The molecule has 29 heavy (non-hydrogen) atoms. The molecule has 3 aromatic rings. The maximum Gasteiger partial charge on any atom is 0.261 e. The van der Waals surface area contributed by atoms with Crippen LogP contribution in [0.4, 0.5) is 11.5 Å². The minimum absolute atomic E-state index is 0.141. The molecule has 150 valence electrons. The Hall–Kier alpha value is -2.68. The van der Waals surface area contributed by atoms with Crippen molar-refractivity contribution in [1.29, 1.82) is 0 Å². The van der Waals surface area contributed by atoms with Crippen LogP contribution in [0, 0.1) is 0 Å². The molecule has 0 amide bonds. The molecule has 1 fully saturated rings. The van der Waals surface area contributed by atoms with Crippen molar-refractivity contribution in [3.05, 3.63) is 65.7 Å². The smallest absolute Gasteiger partial charge is 0.261 e. The van der Waals surface area contributed by atoms with Gasteiger partial charge in [0.2, 0.25) is 0 Å². The van der Waals surface area contributed by atoms with Gasteiger partial charge in [-0.3, -0.25) is 4.72 Å². The van der Waals surface area contributed by atoms with Crippen molar-refractivity contribution in [2.45, 2.75) is 4.90 Å². The number of aromatic nitrogens is 2. The number of nitrogens with one attached hydrogen (secondary N) is 1. The van der Waals surface area contributed by atoms with Crippen molar-refractivity contribution < 1.29 is 13.2 Å². The third-order valence-electron chi connectivity index (χ3n) is 4.52. The van der Waals surface area contributed by atoms with Crippen LogP contribution in [-0.2, 0) is 14.8 Å². The van der Waals surface area contributed by atoms with Crippen LogP contribution in [0.1, 0.15) is 0 Å². The van der Waals surface area contributed by atoms with Gasteiger partial charge in [-0.2, -0.15) is 0 Å². The first-order chi connectivity index (χ1) is 14.0. The number of nitrogens with zero attached hydrogens (tertiary/aromatic N) is 3. The molecular weight excluding hydrogens is 412 g/mol. The molecule has 0 bridgehead atoms. The van der Waals surface area contributed by atoms with Gasteiger partial charge in [-0.1, -0.05) is 23.7 Å². The molecule has 1 aromatic heterocycles. The summed E-state index contributed by atoms with van der Waals surface area (Å²) in [7, 11) is -3.71. The zero-order chi connectivity index (χ0) is 20.3. The predicted octanol–water partition coefficient (Wildman–Crippen LogP) is 3.43. The average Bonchev–Trinajstić information content (AvgIpc) is 2.75. The lowest BCUT2D eigenvalue weighted by Gasteiger charge is -2.27. The number of hydrogen-bond acceptors (Lipinski definition) is 6. The molecule has 0 radical (unpaired) electrons. The monoisotopic (exact) mass is 430 g/mol. The molecule has 1 N–H and O–H groups in total. The third kappa shape index (κ3) is 4.67. The highest BCUT2D eigenvalue weighted by molar-refractivity contribution is 7.92. The molecule has 1 saturated heterocycles. The number of rotatable bonds is 5. The maximum atomic E-state index is 12.6. The molecule has 1 aliphatic heterocycles. The minimum Gasteiger partial charge on any atom is -0.378 e. The number of anilines is 2. The number of hydrogen-bond donors (Lipinski definition) is 1. The van der Waals surface area contributed by atoms with E-state index in [9.17, 15) is 8.42 Å². The summed E-state index contributed by atoms with van der Waals surface area (Å²) in [6, 6.07) is 16.8. The highest BCUT2D eigenvalue weighted by Crippen LogP contribution is 2.24. The molecule has 0 unspecified atom stereocenters. The van der Waals surface area contributed by atoms with Crippen LogP contribution in [0.2, 0.25) is 5.02 Å². The molecule has 0 saturated carbocycles. The van der Waals surface area contributed by atoms with Gasteiger partial charge in [0, 0.05) is 29.4 Å². The zero-order valence-electron chi connectivity index (χ0n) is 15.5. The molecule has 0 spiro atoms. The highest BCUT2D eigenvalue weighted by atomic mass is 35.5. The van der Waals surface area contributed by atoms with Crippen LogP contribution < -0.4 is 9.62 Å². The molecular formula is C20H19ClN4O3S. The van der Waals surface area contributed by atoms with Crippen molar-refractivity contribution >= 4 is 33.1 Å². The van der Waals surface area contributed by atoms with Crippen LogP contribution in [0.15, 0.2) is 65.6 Å². The largest absolute Gasteiger partial charge is 0.378 e. The molecule has 2 aromatic carbocycles. The third-order valence-corrected chi connectivity index (χ3v) is 6.17. The Kier molecular flexibility index (Phi) is 5.66. The number of ether oxygens (including phenoxy) is 1. The summed E-state index contributed by atoms with van der Waals surface area (Å²) < 4.78 is 33.1. The second-order valence-electron chi connectivity index (χ2n) is 6.52. The summed E-state index contributed by atoms with van der Waals surface area (Å²) in [4.78, 5) is 2.26. The first-order valence-corrected chi connectivity index (χ1v) is 10.9. The Bertz CT molecular complexity index is 1080. The van der Waals surface area contributed by atoms with Crippen molar-refractivity contribution in [2.24, 2.45) is 0 Å². The van der Waals surface area contributed by atoms with Crippen molar-refractivity contribution in [3.8, 4) is 11.3 Å². The normalized spacial score (nSPS) is 14.6. The molecule has 7 nitrogen and oxygen atoms in total. The molecule has 1 aliphatic rings. The van der Waals surface area contributed by atoms with Gasteiger partial charge in [0.1, 0.15) is 0 Å². The lowest BCUT2D eigenvalue weighted by atomic mass is 10.1. The second kappa shape index (κ2) is 8.36. The fourth-order valence-corrected chi connectivity index (χ4v) is 4.19. The fourth-order valence-electron chi connectivity index (χ4n) is 3.01. The van der Waals surface area contributed by atoms with Crippen LogP contribution in [0.25, 0.3) is 11.3 Å². The quantitative estimate of drug-likeness (QED) is 0.667. The van der Waals surface area contributed by atoms with Gasteiger partial charge in [0.25, 0.3) is 10.0 Å². The number of benzene rings is 2. The van der Waals surface area contributed by atoms with Gasteiger partial charge in [-0.15, -0.1) is 10.2 Å². The SMILES string of the molecule is O=S(=O)(Nc1cccc(-c2ccc(N3CCOCC3)nn2)c1)c1ccc(Cl)cc1. The van der Waals surface area contributed by atoms with Gasteiger partial charge in [-0.25, -0.2) is 8.42 Å². The Morgan fingerprint density at radius 3 is 2.41 bits per heavy atom. The first-order valence-electron chi connectivity index (χ1n) is 9.06. The van der Waals surface area contributed by atoms with Crippen LogP contribution in [-0.4, -0.2) is 44.9 Å². The van der Waals surface area contributed by atoms with E-state index in [1.807, 2.05) is 18.2 Å². The first kappa shape index (κ1) is 19.6. The summed E-state index contributed by atoms with van der Waals surface area (Å²) in [6.07, 6.45) is 0. The minimum atomic E-state index is -3.71. The van der Waals surface area contributed by atoms with Crippen LogP contribution in [0.5, 0.6) is 0 Å². The van der Waals surface area contributed by atoms with E-state index in [2.05, 4.69) is 19.8 Å². The van der Waals surface area contributed by atoms with Gasteiger partial charge in [0.05, 0.1) is 23.8 Å². The van der Waals surface area contributed by atoms with Gasteiger partial charge >= 0.3 is 0 Å². The van der Waals surface area contributed by atoms with Gasteiger partial charge < -0.3 is 9.64 Å². The Labute approximate surface area is 174 Å². The molecule has 0 atom stereocenters. The van der Waals surface area contributed by atoms with Crippen LogP contribution >= 0.6 is 11.6 Å². The summed E-state index contributed by atoms with van der Waals surface area (Å²) in [6.45, 7) is 2.93. The van der Waals surface area contributed by atoms with E-state index >= 15 is 0 Å². The summed E-state index contributed by atoms with van der Waals surface area (Å²) in [5.74, 6) is 0.802. The zero-order valence-corrected chi connectivity index (χ0v) is 17.0. The van der Waals surface area contributed by atoms with Gasteiger partial charge in [0.15, 0.2) is 5.82 Å². The lowest BCUT2D eigenvalue weighted by Crippen LogP contribution is -2.36. The summed E-state index contributed by atoms with van der Waals surface area (Å²) >= 11 is 5.83. The molecule has 9 heteroatoms. The standard InChI is InChI=1S/C20H19ClN4O3S/c21-16-4-6-18(7-5-16)29(26,27)24-17-3-1-2-15(14-17)19-8-9-20(23-22-19)25-10-12-28-13-11-25/h1-9,14,24H,10-13H2. The lowest BCUT2D eigenvalue weighted by molar-refractivity contribution is 0.122. The van der Waals surface area contributed by atoms with E-state index < -0.39 is 10.0 Å². The van der Waals surface area contributed by atoms with E-state index in [-0.39, 0.29) is 4.90 Å². The van der Waals surface area contributed by atoms with E-state index in [1.54, 1.807) is 18.2 Å². The van der Waals surface area contributed by atoms with E-state index in [0.29, 0.717) is 29.6 Å². The van der Waals surface area contributed by atoms with Crippen molar-refractivity contribution in [2.75, 3.05) is 35.9 Å². The number of sulfonamides is 1. The Morgan fingerprint density at radius 2 is 1.72 bits per heavy atom. The molecule has 4 rings (SSSR count). The summed E-state index contributed by atoms with van der Waals surface area (Å²) in [5.41, 5.74) is 1.87. The fraction of sp³-hybridized carbons (Fsp3) is 0.200. The topological polar surface area (TPSA) is 84.4 Å². The molecule has 0 aliphatic carbocycles. The van der Waals surface area contributed by atoms with Crippen molar-refractivity contribution in [1.82, 2.24) is 10.2 Å². The maximum absolute atomic E-state index is 12.6. The Balaban J connectivity index is 1.53. The van der Waals surface area contributed by atoms with Crippen molar-refractivity contribution in [3.63, 3.8) is 0 Å². The van der Waals surface area contributed by atoms with E-state index in [1.165, 1.54) is 24.3 Å². The second-order valence-corrected chi connectivity index (χ2v) is 8.64. The Morgan fingerprint density at radius 1 is 0.966 bits per heavy atom. The van der Waals surface area contributed by atoms with Gasteiger partial charge in [-0.05, 0) is 48.5 Å².